The lowest BCUT2D eigenvalue weighted by Gasteiger charge is -2.23. The SMILES string of the molecule is Nc1c2c(cc(=O)n1-c1ccc(N3CCCCCC3)cc1)C(=O)NC2=O. The van der Waals surface area contributed by atoms with Crippen LogP contribution in [0, 0.1) is 0 Å². The Hall–Kier alpha value is -3.09. The van der Waals surface area contributed by atoms with Crippen LogP contribution in [0.4, 0.5) is 11.5 Å². The number of anilines is 2. The quantitative estimate of drug-likeness (QED) is 0.802. The van der Waals surface area contributed by atoms with Crippen molar-refractivity contribution in [1.29, 1.82) is 0 Å². The van der Waals surface area contributed by atoms with Gasteiger partial charge in [0.1, 0.15) is 5.82 Å². The molecule has 0 bridgehead atoms. The van der Waals surface area contributed by atoms with Crippen molar-refractivity contribution in [1.82, 2.24) is 9.88 Å². The molecule has 1 aromatic carbocycles. The van der Waals surface area contributed by atoms with Gasteiger partial charge in [-0.25, -0.2) is 0 Å². The number of aromatic nitrogens is 1. The number of nitrogens with two attached hydrogens (primary N) is 1. The molecule has 0 aliphatic carbocycles. The maximum Gasteiger partial charge on any atom is 0.262 e. The first-order valence-electron chi connectivity index (χ1n) is 8.83. The zero-order valence-corrected chi connectivity index (χ0v) is 14.3. The summed E-state index contributed by atoms with van der Waals surface area (Å²) in [5.41, 5.74) is 7.40. The number of imide groups is 1. The van der Waals surface area contributed by atoms with Crippen LogP contribution in [0.2, 0.25) is 0 Å². The normalized spacial score (nSPS) is 17.0. The number of carbonyl (C=O) groups excluding carboxylic acids is 2. The molecule has 0 unspecified atom stereocenters. The summed E-state index contributed by atoms with van der Waals surface area (Å²) in [7, 11) is 0. The second kappa shape index (κ2) is 6.33. The van der Waals surface area contributed by atoms with Gasteiger partial charge in [-0.05, 0) is 37.1 Å². The lowest BCUT2D eigenvalue weighted by atomic mass is 10.1. The average Bonchev–Trinajstić information content (AvgIpc) is 2.81. The highest BCUT2D eigenvalue weighted by molar-refractivity contribution is 6.23. The van der Waals surface area contributed by atoms with Gasteiger partial charge in [0, 0.05) is 24.8 Å². The molecule has 3 heterocycles. The monoisotopic (exact) mass is 352 g/mol. The molecule has 2 amide bonds. The summed E-state index contributed by atoms with van der Waals surface area (Å²) in [6, 6.07) is 8.72. The summed E-state index contributed by atoms with van der Waals surface area (Å²) in [5.74, 6) is -1.17. The number of amides is 2. The van der Waals surface area contributed by atoms with E-state index < -0.39 is 17.4 Å². The molecule has 2 aliphatic rings. The van der Waals surface area contributed by atoms with Crippen molar-refractivity contribution in [3.8, 4) is 5.69 Å². The van der Waals surface area contributed by atoms with Crippen molar-refractivity contribution in [2.75, 3.05) is 23.7 Å². The van der Waals surface area contributed by atoms with Gasteiger partial charge in [-0.2, -0.15) is 0 Å². The molecule has 1 aromatic heterocycles. The van der Waals surface area contributed by atoms with Crippen LogP contribution >= 0.6 is 0 Å². The van der Waals surface area contributed by atoms with E-state index >= 15 is 0 Å². The Balaban J connectivity index is 1.72. The second-order valence-corrected chi connectivity index (χ2v) is 6.69. The number of pyridine rings is 1. The van der Waals surface area contributed by atoms with Crippen LogP contribution in [0.3, 0.4) is 0 Å². The van der Waals surface area contributed by atoms with E-state index in [2.05, 4.69) is 10.2 Å². The summed E-state index contributed by atoms with van der Waals surface area (Å²) < 4.78 is 1.27. The standard InChI is InChI=1S/C19H20N4O3/c20-17-16-14(18(25)21-19(16)26)11-15(24)23(17)13-7-5-12(6-8-13)22-9-3-1-2-4-10-22/h5-8,11H,1-4,9-10,20H2,(H,21,25,26). The minimum absolute atomic E-state index is 0.0154. The number of nitrogens with one attached hydrogen (secondary N) is 1. The van der Waals surface area contributed by atoms with Crippen LogP contribution in [0.1, 0.15) is 46.4 Å². The number of hydrogen-bond donors (Lipinski definition) is 2. The molecule has 26 heavy (non-hydrogen) atoms. The molecule has 0 saturated carbocycles. The van der Waals surface area contributed by atoms with E-state index in [4.69, 9.17) is 5.73 Å². The molecule has 0 spiro atoms. The topological polar surface area (TPSA) is 97.4 Å². The van der Waals surface area contributed by atoms with E-state index in [-0.39, 0.29) is 16.9 Å². The lowest BCUT2D eigenvalue weighted by molar-refractivity contribution is 0.0880. The maximum absolute atomic E-state index is 12.5. The largest absolute Gasteiger partial charge is 0.384 e. The number of carbonyl (C=O) groups is 2. The van der Waals surface area contributed by atoms with Gasteiger partial charge >= 0.3 is 0 Å². The first kappa shape index (κ1) is 16.4. The Labute approximate surface area is 150 Å². The van der Waals surface area contributed by atoms with E-state index in [1.165, 1.54) is 30.3 Å². The molecule has 7 heteroatoms. The predicted octanol–water partition coefficient (Wildman–Crippen LogP) is 1.68. The van der Waals surface area contributed by atoms with Crippen molar-refractivity contribution in [2.24, 2.45) is 0 Å². The highest BCUT2D eigenvalue weighted by Gasteiger charge is 2.31. The number of hydrogen-bond acceptors (Lipinski definition) is 5. The van der Waals surface area contributed by atoms with Crippen LogP contribution in [0.15, 0.2) is 35.1 Å². The highest BCUT2D eigenvalue weighted by Crippen LogP contribution is 2.25. The molecule has 0 atom stereocenters. The van der Waals surface area contributed by atoms with E-state index in [9.17, 15) is 14.4 Å². The molecule has 4 rings (SSSR count). The highest BCUT2D eigenvalue weighted by atomic mass is 16.2. The summed E-state index contributed by atoms with van der Waals surface area (Å²) in [6.45, 7) is 2.06. The van der Waals surface area contributed by atoms with Gasteiger partial charge in [-0.1, -0.05) is 12.8 Å². The molecule has 1 fully saturated rings. The van der Waals surface area contributed by atoms with Crippen LogP contribution in [0.25, 0.3) is 5.69 Å². The minimum Gasteiger partial charge on any atom is -0.384 e. The van der Waals surface area contributed by atoms with Gasteiger partial charge in [0.15, 0.2) is 0 Å². The first-order valence-corrected chi connectivity index (χ1v) is 8.83. The average molecular weight is 352 g/mol. The predicted molar refractivity (Wildman–Crippen MR) is 98.9 cm³/mol. The fourth-order valence-corrected chi connectivity index (χ4v) is 3.69. The number of nitrogens with zero attached hydrogens (tertiary/aromatic N) is 2. The lowest BCUT2D eigenvalue weighted by Crippen LogP contribution is -2.25. The van der Waals surface area contributed by atoms with Crippen molar-refractivity contribution >= 4 is 23.3 Å². The van der Waals surface area contributed by atoms with E-state index in [1.54, 1.807) is 0 Å². The maximum atomic E-state index is 12.5. The Bertz CT molecular complexity index is 938. The minimum atomic E-state index is -0.586. The number of fused-ring (bicyclic) bond motifs is 1. The number of nitrogen functional groups attached to an aromatic ring is 1. The molecule has 1 saturated heterocycles. The second-order valence-electron chi connectivity index (χ2n) is 6.69. The summed E-state index contributed by atoms with van der Waals surface area (Å²) in [4.78, 5) is 38.5. The van der Waals surface area contributed by atoms with E-state index in [1.807, 2.05) is 24.3 Å². The van der Waals surface area contributed by atoms with E-state index in [0.717, 1.165) is 24.8 Å². The van der Waals surface area contributed by atoms with Crippen LogP contribution < -0.4 is 21.5 Å². The molecular formula is C19H20N4O3. The molecule has 0 radical (unpaired) electrons. The molecular weight excluding hydrogens is 332 g/mol. The fourth-order valence-electron chi connectivity index (χ4n) is 3.69. The molecule has 7 nitrogen and oxygen atoms in total. The molecule has 3 N–H and O–H groups in total. The number of rotatable bonds is 2. The van der Waals surface area contributed by atoms with Crippen molar-refractivity contribution < 1.29 is 9.59 Å². The fraction of sp³-hybridized carbons (Fsp3) is 0.316. The Morgan fingerprint density at radius 3 is 2.12 bits per heavy atom. The van der Waals surface area contributed by atoms with Gasteiger partial charge in [-0.15, -0.1) is 0 Å². The van der Waals surface area contributed by atoms with Crippen LogP contribution in [-0.4, -0.2) is 29.5 Å². The zero-order valence-electron chi connectivity index (χ0n) is 14.3. The first-order chi connectivity index (χ1) is 12.6. The van der Waals surface area contributed by atoms with Gasteiger partial charge in [-0.3, -0.25) is 24.3 Å². The molecule has 2 aliphatic heterocycles. The van der Waals surface area contributed by atoms with Crippen molar-refractivity contribution in [2.45, 2.75) is 25.7 Å². The third-order valence-corrected chi connectivity index (χ3v) is 5.03. The smallest absolute Gasteiger partial charge is 0.262 e. The Morgan fingerprint density at radius 2 is 1.46 bits per heavy atom. The third kappa shape index (κ3) is 2.65. The van der Waals surface area contributed by atoms with Gasteiger partial charge < -0.3 is 10.6 Å². The van der Waals surface area contributed by atoms with Gasteiger partial charge in [0.05, 0.1) is 16.8 Å². The number of benzene rings is 1. The summed E-state index contributed by atoms with van der Waals surface area (Å²) >= 11 is 0. The Morgan fingerprint density at radius 1 is 0.846 bits per heavy atom. The molecule has 134 valence electrons. The van der Waals surface area contributed by atoms with E-state index in [0.29, 0.717) is 5.69 Å². The third-order valence-electron chi connectivity index (χ3n) is 5.03. The summed E-state index contributed by atoms with van der Waals surface area (Å²) in [6.07, 6.45) is 4.89. The Kier molecular flexibility index (Phi) is 3.99. The van der Waals surface area contributed by atoms with Gasteiger partial charge in [0.25, 0.3) is 17.4 Å². The summed E-state index contributed by atoms with van der Waals surface area (Å²) in [5, 5.41) is 2.17. The molecule has 2 aromatic rings. The van der Waals surface area contributed by atoms with Crippen LogP contribution in [0.5, 0.6) is 0 Å². The van der Waals surface area contributed by atoms with Crippen molar-refractivity contribution in [3.63, 3.8) is 0 Å². The van der Waals surface area contributed by atoms with Gasteiger partial charge in [0.2, 0.25) is 0 Å². The van der Waals surface area contributed by atoms with Crippen LogP contribution in [-0.2, 0) is 0 Å². The zero-order chi connectivity index (χ0) is 18.3. The van der Waals surface area contributed by atoms with Crippen molar-refractivity contribution in [3.05, 3.63) is 51.8 Å².